The molecule has 3 rings (SSSR count). The number of benzene rings is 2. The van der Waals surface area contributed by atoms with Crippen LogP contribution in [0.2, 0.25) is 5.02 Å². The Morgan fingerprint density at radius 1 is 1.17 bits per heavy atom. The lowest BCUT2D eigenvalue weighted by Gasteiger charge is -2.12. The molecule has 0 saturated carbocycles. The summed E-state index contributed by atoms with van der Waals surface area (Å²) in [6.07, 6.45) is 3.45. The predicted molar refractivity (Wildman–Crippen MR) is 115 cm³/mol. The van der Waals surface area contributed by atoms with Crippen molar-refractivity contribution < 1.29 is 14.1 Å². The first-order chi connectivity index (χ1) is 14.5. The van der Waals surface area contributed by atoms with Crippen LogP contribution in [0.1, 0.15) is 18.4 Å². The number of carbonyl (C=O) groups is 2. The highest BCUT2D eigenvalue weighted by Gasteiger charge is 2.15. The van der Waals surface area contributed by atoms with Crippen molar-refractivity contribution in [2.45, 2.75) is 19.4 Å². The second kappa shape index (κ2) is 10.4. The van der Waals surface area contributed by atoms with Gasteiger partial charge in [0, 0.05) is 29.6 Å². The van der Waals surface area contributed by atoms with E-state index in [2.05, 4.69) is 20.8 Å². The number of hydrogen-bond acceptors (Lipinski definition) is 5. The minimum atomic E-state index is -0.678. The van der Waals surface area contributed by atoms with Gasteiger partial charge < -0.3 is 15.2 Å². The third-order valence-electron chi connectivity index (χ3n) is 4.17. The van der Waals surface area contributed by atoms with Crippen molar-refractivity contribution in [1.82, 2.24) is 20.8 Å². The number of nitrogens with zero attached hydrogens (tertiary/aromatic N) is 2. The molecule has 3 aromatic rings. The Hall–Kier alpha value is -3.45. The van der Waals surface area contributed by atoms with Gasteiger partial charge in [0.05, 0.1) is 0 Å². The van der Waals surface area contributed by atoms with Gasteiger partial charge in [-0.2, -0.15) is 4.98 Å². The first kappa shape index (κ1) is 21.3. The molecule has 0 bridgehead atoms. The molecule has 0 aliphatic heterocycles. The van der Waals surface area contributed by atoms with E-state index >= 15 is 0 Å². The smallest absolute Gasteiger partial charge is 0.244 e. The van der Waals surface area contributed by atoms with Crippen LogP contribution < -0.4 is 10.6 Å². The van der Waals surface area contributed by atoms with Gasteiger partial charge in [-0.1, -0.05) is 59.2 Å². The number of halogens is 1. The van der Waals surface area contributed by atoms with Crippen LogP contribution in [0.5, 0.6) is 0 Å². The van der Waals surface area contributed by atoms with Crippen molar-refractivity contribution in [3.8, 4) is 11.4 Å². The molecular formula is C22H21ClN4O3. The highest BCUT2D eigenvalue weighted by atomic mass is 35.5. The van der Waals surface area contributed by atoms with E-state index in [1.807, 2.05) is 36.4 Å². The van der Waals surface area contributed by atoms with E-state index in [0.29, 0.717) is 29.7 Å². The number of amides is 2. The molecule has 0 radical (unpaired) electrons. The fourth-order valence-corrected chi connectivity index (χ4v) is 2.80. The van der Waals surface area contributed by atoms with Crippen LogP contribution >= 0.6 is 11.6 Å². The summed E-state index contributed by atoms with van der Waals surface area (Å²) >= 11 is 5.97. The first-order valence-corrected chi connectivity index (χ1v) is 9.79. The summed E-state index contributed by atoms with van der Waals surface area (Å²) in [5.41, 5.74) is 1.66. The Balaban J connectivity index is 1.43. The van der Waals surface area contributed by atoms with Gasteiger partial charge in [0.25, 0.3) is 0 Å². The van der Waals surface area contributed by atoms with E-state index in [0.717, 1.165) is 11.1 Å². The molecule has 2 N–H and O–H groups in total. The summed E-state index contributed by atoms with van der Waals surface area (Å²) in [7, 11) is 0. The topological polar surface area (TPSA) is 97.1 Å². The monoisotopic (exact) mass is 424 g/mol. The van der Waals surface area contributed by atoms with Gasteiger partial charge in [-0.25, -0.2) is 0 Å². The maximum absolute atomic E-state index is 12.2. The van der Waals surface area contributed by atoms with Gasteiger partial charge in [0.15, 0.2) is 0 Å². The van der Waals surface area contributed by atoms with E-state index in [1.54, 1.807) is 31.2 Å². The quantitative estimate of drug-likeness (QED) is 0.541. The molecule has 8 heteroatoms. The van der Waals surface area contributed by atoms with E-state index < -0.39 is 6.04 Å². The normalized spacial score (nSPS) is 11.9. The molecule has 7 nitrogen and oxygen atoms in total. The summed E-state index contributed by atoms with van der Waals surface area (Å²) in [5.74, 6) is 0.188. The Morgan fingerprint density at radius 3 is 2.73 bits per heavy atom. The fraction of sp³-hybridized carbons (Fsp3) is 0.182. The number of hydrogen-bond donors (Lipinski definition) is 2. The van der Waals surface area contributed by atoms with E-state index in [-0.39, 0.29) is 11.8 Å². The van der Waals surface area contributed by atoms with Crippen LogP contribution in [0, 0.1) is 0 Å². The lowest BCUT2D eigenvalue weighted by Crippen LogP contribution is -2.44. The average Bonchev–Trinajstić information content (AvgIpc) is 3.22. The van der Waals surface area contributed by atoms with Crippen LogP contribution in [0.4, 0.5) is 0 Å². The Morgan fingerprint density at radius 2 is 1.97 bits per heavy atom. The molecule has 1 heterocycles. The molecule has 2 aromatic carbocycles. The first-order valence-electron chi connectivity index (χ1n) is 9.41. The Bertz CT molecular complexity index is 1030. The van der Waals surface area contributed by atoms with E-state index in [9.17, 15) is 9.59 Å². The zero-order valence-corrected chi connectivity index (χ0v) is 17.1. The molecule has 30 heavy (non-hydrogen) atoms. The second-order valence-electron chi connectivity index (χ2n) is 6.54. The van der Waals surface area contributed by atoms with Crippen LogP contribution in [0.25, 0.3) is 17.5 Å². The highest BCUT2D eigenvalue weighted by molar-refractivity contribution is 6.30. The minimum absolute atomic E-state index is 0.300. The summed E-state index contributed by atoms with van der Waals surface area (Å²) in [4.78, 5) is 28.4. The van der Waals surface area contributed by atoms with Gasteiger partial charge in [0.2, 0.25) is 23.5 Å². The van der Waals surface area contributed by atoms with Crippen molar-refractivity contribution in [2.75, 3.05) is 6.54 Å². The molecule has 0 saturated heterocycles. The molecule has 1 unspecified atom stereocenters. The van der Waals surface area contributed by atoms with E-state index in [4.69, 9.17) is 16.1 Å². The van der Waals surface area contributed by atoms with Crippen LogP contribution in [0.15, 0.2) is 65.2 Å². The van der Waals surface area contributed by atoms with Crippen LogP contribution in [0.3, 0.4) is 0 Å². The van der Waals surface area contributed by atoms with Gasteiger partial charge in [-0.3, -0.25) is 9.59 Å². The molecule has 2 amide bonds. The van der Waals surface area contributed by atoms with E-state index in [1.165, 1.54) is 6.08 Å². The number of nitrogens with one attached hydrogen (secondary N) is 2. The zero-order chi connectivity index (χ0) is 21.3. The van der Waals surface area contributed by atoms with Gasteiger partial charge in [-0.05, 0) is 30.7 Å². The van der Waals surface area contributed by atoms with Crippen molar-refractivity contribution in [2.24, 2.45) is 0 Å². The average molecular weight is 425 g/mol. The molecule has 0 spiro atoms. The van der Waals surface area contributed by atoms with Crippen molar-refractivity contribution in [1.29, 1.82) is 0 Å². The van der Waals surface area contributed by atoms with Gasteiger partial charge in [0.1, 0.15) is 6.04 Å². The minimum Gasteiger partial charge on any atom is -0.354 e. The molecule has 0 fully saturated rings. The molecule has 0 aliphatic rings. The largest absolute Gasteiger partial charge is 0.354 e. The number of aromatic nitrogens is 2. The molecular weight excluding hydrogens is 404 g/mol. The lowest BCUT2D eigenvalue weighted by molar-refractivity contribution is -0.126. The molecule has 154 valence electrons. The predicted octanol–water partition coefficient (Wildman–Crippen LogP) is 3.27. The summed E-state index contributed by atoms with van der Waals surface area (Å²) in [5, 5.41) is 9.88. The number of rotatable bonds is 8. The van der Waals surface area contributed by atoms with Crippen molar-refractivity contribution in [3.63, 3.8) is 0 Å². The Kier molecular flexibility index (Phi) is 7.34. The fourth-order valence-electron chi connectivity index (χ4n) is 2.61. The zero-order valence-electron chi connectivity index (χ0n) is 16.3. The second-order valence-corrected chi connectivity index (χ2v) is 6.97. The maximum atomic E-state index is 12.2. The van der Waals surface area contributed by atoms with Crippen LogP contribution in [-0.4, -0.2) is 34.5 Å². The molecule has 1 aromatic heterocycles. The van der Waals surface area contributed by atoms with Gasteiger partial charge >= 0.3 is 0 Å². The molecule has 0 aliphatic carbocycles. The summed E-state index contributed by atoms with van der Waals surface area (Å²) < 4.78 is 5.21. The highest BCUT2D eigenvalue weighted by Crippen LogP contribution is 2.19. The van der Waals surface area contributed by atoms with Crippen LogP contribution in [-0.2, 0) is 16.0 Å². The third kappa shape index (κ3) is 6.28. The van der Waals surface area contributed by atoms with Crippen molar-refractivity contribution in [3.05, 3.63) is 77.2 Å². The standard InChI is InChI=1S/C22H21ClN4O3/c1-15(25-19(28)11-10-16-6-3-2-4-7-16)22(29)24-13-12-20-26-21(27-30-20)17-8-5-9-18(23)14-17/h2-11,14-15H,12-13H2,1H3,(H,24,29)(H,25,28)/b11-10+. The maximum Gasteiger partial charge on any atom is 0.244 e. The summed E-state index contributed by atoms with van der Waals surface area (Å²) in [6.45, 7) is 1.92. The lowest BCUT2D eigenvalue weighted by atomic mass is 10.2. The SMILES string of the molecule is CC(NC(=O)/C=C/c1ccccc1)C(=O)NCCc1nc(-c2cccc(Cl)c2)no1. The summed E-state index contributed by atoms with van der Waals surface area (Å²) in [6, 6.07) is 15.9. The van der Waals surface area contributed by atoms with Crippen molar-refractivity contribution >= 4 is 29.5 Å². The molecule has 1 atom stereocenters. The third-order valence-corrected chi connectivity index (χ3v) is 4.40. The Labute approximate surface area is 179 Å². The van der Waals surface area contributed by atoms with Gasteiger partial charge in [-0.15, -0.1) is 0 Å². The number of carbonyl (C=O) groups excluding carboxylic acids is 2.